The Labute approximate surface area is 227 Å². The van der Waals surface area contributed by atoms with E-state index in [1.165, 1.54) is 0 Å². The van der Waals surface area contributed by atoms with Crippen LogP contribution >= 0.6 is 0 Å². The van der Waals surface area contributed by atoms with Crippen LogP contribution in [0.5, 0.6) is 0 Å². The highest BCUT2D eigenvalue weighted by Gasteiger charge is 2.15. The Balaban J connectivity index is 1.35. The first kappa shape index (κ1) is 21.6. The third-order valence-electron chi connectivity index (χ3n) is 6.62. The molecule has 0 aliphatic heterocycles. The van der Waals surface area contributed by atoms with Gasteiger partial charge in [-0.25, -0.2) is 19.9 Å². The first-order chi connectivity index (χ1) is 19.7. The normalized spacial score (nSPS) is 11.4. The predicted octanol–water partition coefficient (Wildman–Crippen LogP) is 7.88. The summed E-state index contributed by atoms with van der Waals surface area (Å²) in [5, 5.41) is 0. The Morgan fingerprint density at radius 3 is 1.51 bits per heavy atom. The van der Waals surface area contributed by atoms with Gasteiger partial charge >= 0.3 is 0 Å². The number of hydrogen-bond acceptors (Lipinski definition) is 4. The highest BCUT2D eigenvalue weighted by atomic mass is 15.1. The summed E-state index contributed by atoms with van der Waals surface area (Å²) in [5.74, 6) is 2.70. The average molecular weight is 503 g/mol. The summed E-state index contributed by atoms with van der Waals surface area (Å²) in [6, 6.07) is 44.2. The summed E-state index contributed by atoms with van der Waals surface area (Å²) in [5.41, 5.74) is 6.62. The maximum absolute atomic E-state index is 7.88. The number of nitrogens with zero attached hydrogens (tertiary/aromatic N) is 5. The number of aromatic nitrogens is 5. The van der Waals surface area contributed by atoms with Gasteiger partial charge in [0.15, 0.2) is 17.5 Å². The molecule has 5 nitrogen and oxygen atoms in total. The molecule has 0 unspecified atom stereocenters. The van der Waals surface area contributed by atoms with E-state index in [4.69, 9.17) is 21.3 Å². The first-order valence-electron chi connectivity index (χ1n) is 13.3. The van der Waals surface area contributed by atoms with E-state index >= 15 is 0 Å². The molecule has 7 aromatic rings. The van der Waals surface area contributed by atoms with E-state index in [9.17, 15) is 0 Å². The van der Waals surface area contributed by atoms with Gasteiger partial charge in [-0.15, -0.1) is 0 Å². The fourth-order valence-electron chi connectivity index (χ4n) is 4.71. The van der Waals surface area contributed by atoms with Crippen LogP contribution in [0.3, 0.4) is 0 Å². The molecule has 0 N–H and O–H groups in total. The zero-order valence-electron chi connectivity index (χ0n) is 21.9. The summed E-state index contributed by atoms with van der Waals surface area (Å²) in [4.78, 5) is 19.4. The van der Waals surface area contributed by atoms with Gasteiger partial charge in [0.2, 0.25) is 0 Å². The van der Waals surface area contributed by atoms with Crippen LogP contribution < -0.4 is 0 Å². The summed E-state index contributed by atoms with van der Waals surface area (Å²) in [7, 11) is 0. The lowest BCUT2D eigenvalue weighted by atomic mass is 10.1. The van der Waals surface area contributed by atoms with Gasteiger partial charge in [0.05, 0.1) is 12.4 Å². The van der Waals surface area contributed by atoms with E-state index in [1.54, 1.807) is 12.1 Å². The van der Waals surface area contributed by atoms with E-state index < -0.39 is 0 Å². The highest BCUT2D eigenvalue weighted by molar-refractivity contribution is 5.83. The van der Waals surface area contributed by atoms with Gasteiger partial charge in [0.1, 0.15) is 5.82 Å². The second kappa shape index (κ2) is 9.80. The van der Waals surface area contributed by atoms with Crippen molar-refractivity contribution >= 4 is 11.0 Å². The van der Waals surface area contributed by atoms with Crippen molar-refractivity contribution in [3.05, 3.63) is 140 Å². The van der Waals surface area contributed by atoms with Crippen molar-refractivity contribution in [2.24, 2.45) is 0 Å². The van der Waals surface area contributed by atoms with Crippen molar-refractivity contribution in [3.63, 3.8) is 0 Å². The quantitative estimate of drug-likeness (QED) is 0.240. The van der Waals surface area contributed by atoms with E-state index in [0.717, 1.165) is 44.8 Å². The van der Waals surface area contributed by atoms with Crippen LogP contribution in [0.15, 0.2) is 140 Å². The number of hydrogen-bond donors (Lipinski definition) is 0. The zero-order valence-corrected chi connectivity index (χ0v) is 20.9. The molecule has 0 fully saturated rings. The summed E-state index contributed by atoms with van der Waals surface area (Å²) >= 11 is 0. The van der Waals surface area contributed by atoms with Gasteiger partial charge in [0.25, 0.3) is 0 Å². The van der Waals surface area contributed by atoms with Crippen LogP contribution in [0.4, 0.5) is 0 Å². The van der Waals surface area contributed by atoms with Gasteiger partial charge in [-0.2, -0.15) is 0 Å². The standard InChI is InChI=1S/C34H23N5/c1-4-12-24(13-5-1)31-36-32(25-14-6-2-7-15-25)38-33(37-31)26-20-22-28(23-21-26)39-30-19-11-10-18-29(30)35-34(39)27-16-8-3-9-17-27/h1-23H/i3D. The number of benzene rings is 5. The molecule has 5 heteroatoms. The maximum Gasteiger partial charge on any atom is 0.164 e. The molecule has 0 radical (unpaired) electrons. The summed E-state index contributed by atoms with van der Waals surface area (Å²) < 4.78 is 10.0. The first-order valence-corrected chi connectivity index (χ1v) is 12.8. The minimum Gasteiger partial charge on any atom is -0.292 e. The molecule has 0 bridgehead atoms. The van der Waals surface area contributed by atoms with Crippen molar-refractivity contribution in [3.8, 4) is 51.2 Å². The smallest absolute Gasteiger partial charge is 0.164 e. The molecule has 0 aliphatic rings. The van der Waals surface area contributed by atoms with Crippen molar-refractivity contribution in [2.75, 3.05) is 0 Å². The molecule has 7 rings (SSSR count). The van der Waals surface area contributed by atoms with Crippen LogP contribution in [0.1, 0.15) is 1.37 Å². The Kier molecular flexibility index (Phi) is 5.44. The molecule has 0 aliphatic carbocycles. The fourth-order valence-corrected chi connectivity index (χ4v) is 4.71. The van der Waals surface area contributed by atoms with E-state index in [-0.39, 0.29) is 0 Å². The topological polar surface area (TPSA) is 56.5 Å². The van der Waals surface area contributed by atoms with Crippen molar-refractivity contribution in [1.82, 2.24) is 24.5 Å². The van der Waals surface area contributed by atoms with Gasteiger partial charge in [-0.1, -0.05) is 103 Å². The van der Waals surface area contributed by atoms with Crippen molar-refractivity contribution < 1.29 is 1.37 Å². The van der Waals surface area contributed by atoms with Crippen LogP contribution in [0, 0.1) is 0 Å². The minimum atomic E-state index is 0.470. The van der Waals surface area contributed by atoms with Gasteiger partial charge in [0, 0.05) is 27.9 Å². The van der Waals surface area contributed by atoms with E-state index in [2.05, 4.69) is 22.8 Å². The van der Waals surface area contributed by atoms with Gasteiger partial charge in [-0.05, 0) is 36.4 Å². The molecule has 39 heavy (non-hydrogen) atoms. The predicted molar refractivity (Wildman–Crippen MR) is 156 cm³/mol. The number of rotatable bonds is 5. The van der Waals surface area contributed by atoms with Gasteiger partial charge in [-0.3, -0.25) is 4.57 Å². The lowest BCUT2D eigenvalue weighted by Crippen LogP contribution is -2.01. The van der Waals surface area contributed by atoms with E-state index in [0.29, 0.717) is 23.5 Å². The van der Waals surface area contributed by atoms with Crippen LogP contribution in [-0.4, -0.2) is 24.5 Å². The SMILES string of the molecule is [2H]c1ccc(-c2nc3ccccc3n2-c2ccc(-c3nc(-c4ccccc4)nc(-c4ccccc4)n3)cc2)cc1. The summed E-state index contributed by atoms with van der Waals surface area (Å²) in [6.07, 6.45) is 0. The lowest BCUT2D eigenvalue weighted by Gasteiger charge is -2.11. The minimum absolute atomic E-state index is 0.470. The van der Waals surface area contributed by atoms with Crippen LogP contribution in [0.25, 0.3) is 62.3 Å². The van der Waals surface area contributed by atoms with Gasteiger partial charge < -0.3 is 0 Å². The lowest BCUT2D eigenvalue weighted by molar-refractivity contribution is 1.07. The molecule has 0 amide bonds. The summed E-state index contributed by atoms with van der Waals surface area (Å²) in [6.45, 7) is 0. The number of para-hydroxylation sites is 2. The Morgan fingerprint density at radius 2 is 0.923 bits per heavy atom. The molecular formula is C34H23N5. The third kappa shape index (κ3) is 4.36. The van der Waals surface area contributed by atoms with Crippen molar-refractivity contribution in [1.29, 1.82) is 0 Å². The van der Waals surface area contributed by atoms with Crippen LogP contribution in [-0.2, 0) is 0 Å². The Morgan fingerprint density at radius 1 is 0.436 bits per heavy atom. The molecule has 0 spiro atoms. The monoisotopic (exact) mass is 502 g/mol. The Bertz CT molecular complexity index is 1870. The molecule has 0 saturated carbocycles. The second-order valence-corrected chi connectivity index (χ2v) is 9.13. The van der Waals surface area contributed by atoms with Crippen LogP contribution in [0.2, 0.25) is 0 Å². The number of fused-ring (bicyclic) bond motifs is 1. The molecule has 184 valence electrons. The highest BCUT2D eigenvalue weighted by Crippen LogP contribution is 2.30. The van der Waals surface area contributed by atoms with Crippen molar-refractivity contribution in [2.45, 2.75) is 0 Å². The Hall–Kier alpha value is -5.42. The molecule has 0 saturated heterocycles. The fraction of sp³-hybridized carbons (Fsp3) is 0. The zero-order chi connectivity index (χ0) is 26.9. The number of imidazole rings is 1. The molecule has 0 atom stereocenters. The maximum atomic E-state index is 7.88. The molecular weight excluding hydrogens is 478 g/mol. The average Bonchev–Trinajstić information content (AvgIpc) is 3.42. The molecule has 2 heterocycles. The third-order valence-corrected chi connectivity index (χ3v) is 6.62. The largest absolute Gasteiger partial charge is 0.292 e. The molecule has 5 aromatic carbocycles. The molecule has 2 aromatic heterocycles. The second-order valence-electron chi connectivity index (χ2n) is 9.13. The van der Waals surface area contributed by atoms with E-state index in [1.807, 2.05) is 103 Å².